The maximum Gasteiger partial charge on any atom is 0.178 e. The summed E-state index contributed by atoms with van der Waals surface area (Å²) in [7, 11) is 0. The molecule has 4 nitrogen and oxygen atoms in total. The Kier molecular flexibility index (Phi) is 4.58. The van der Waals surface area contributed by atoms with Crippen molar-refractivity contribution in [3.63, 3.8) is 0 Å². The number of fused-ring (bicyclic) bond motifs is 5. The van der Waals surface area contributed by atoms with Crippen molar-refractivity contribution >= 4 is 34.2 Å². The monoisotopic (exact) mass is 502 g/mol. The van der Waals surface area contributed by atoms with Crippen LogP contribution in [0.5, 0.6) is 0 Å². The van der Waals surface area contributed by atoms with Crippen LogP contribution in [0.2, 0.25) is 0 Å². The van der Waals surface area contributed by atoms with Gasteiger partial charge < -0.3 is 10.2 Å². The first-order chi connectivity index (χ1) is 13.0. The normalized spacial score (nSPS) is 52.5. The third-order valence-electron chi connectivity index (χ3n) is 8.77. The van der Waals surface area contributed by atoms with Crippen LogP contribution in [-0.4, -0.2) is 43.6 Å². The second-order valence-electron chi connectivity index (χ2n) is 9.72. The molecule has 6 heteroatoms. The molecular formula is C22H28FIO4. The lowest BCUT2D eigenvalue weighted by Gasteiger charge is -2.62. The summed E-state index contributed by atoms with van der Waals surface area (Å²) in [4.78, 5) is 24.6. The third-order valence-corrected chi connectivity index (χ3v) is 9.46. The SMILES string of the molecule is C[C@H]1CC2C3CCC4=CC(=O)C=CC4(C)[C@@]3(F)[C@@H](O)CC2(C)[C@@]1(O)C(=O)CI. The number of halogens is 2. The molecule has 0 amide bonds. The molecule has 0 aromatic rings. The van der Waals surface area contributed by atoms with Gasteiger partial charge in [-0.15, -0.1) is 0 Å². The van der Waals surface area contributed by atoms with Crippen LogP contribution in [0.25, 0.3) is 0 Å². The second-order valence-corrected chi connectivity index (χ2v) is 10.5. The van der Waals surface area contributed by atoms with Crippen molar-refractivity contribution in [2.45, 2.75) is 63.8 Å². The fraction of sp³-hybridized carbons (Fsp3) is 0.727. The number of alkyl halides is 2. The van der Waals surface area contributed by atoms with Gasteiger partial charge in [-0.2, -0.15) is 0 Å². The van der Waals surface area contributed by atoms with E-state index in [9.17, 15) is 19.8 Å². The van der Waals surface area contributed by atoms with E-state index in [1.54, 1.807) is 13.0 Å². The number of aliphatic hydroxyl groups excluding tert-OH is 1. The summed E-state index contributed by atoms with van der Waals surface area (Å²) in [6.45, 7) is 5.51. The summed E-state index contributed by atoms with van der Waals surface area (Å²) in [5.74, 6) is -1.32. The van der Waals surface area contributed by atoms with E-state index in [2.05, 4.69) is 0 Å². The van der Waals surface area contributed by atoms with Crippen LogP contribution in [0.4, 0.5) is 4.39 Å². The largest absolute Gasteiger partial charge is 0.390 e. The average molecular weight is 502 g/mol. The van der Waals surface area contributed by atoms with Crippen molar-refractivity contribution < 1.29 is 24.2 Å². The number of carbonyl (C=O) groups is 2. The minimum Gasteiger partial charge on any atom is -0.390 e. The molecule has 0 spiro atoms. The molecule has 0 bridgehead atoms. The first-order valence-electron chi connectivity index (χ1n) is 10.1. The minimum absolute atomic E-state index is 0.0402. The number of Topliss-reactive ketones (excluding diaryl/α,β-unsaturated/α-hetero) is 1. The van der Waals surface area contributed by atoms with E-state index in [4.69, 9.17) is 0 Å². The van der Waals surface area contributed by atoms with E-state index in [0.717, 1.165) is 5.57 Å². The Labute approximate surface area is 178 Å². The van der Waals surface area contributed by atoms with Crippen LogP contribution in [-0.2, 0) is 9.59 Å². The van der Waals surface area contributed by atoms with Gasteiger partial charge in [0, 0.05) is 16.7 Å². The molecule has 0 aliphatic heterocycles. The van der Waals surface area contributed by atoms with Crippen LogP contribution < -0.4 is 0 Å². The summed E-state index contributed by atoms with van der Waals surface area (Å²) < 4.78 is 17.1. The molecule has 3 fully saturated rings. The van der Waals surface area contributed by atoms with E-state index < -0.39 is 34.1 Å². The van der Waals surface area contributed by atoms with E-state index in [-0.39, 0.29) is 34.3 Å². The first kappa shape index (κ1) is 20.7. The van der Waals surface area contributed by atoms with Crippen LogP contribution in [0.3, 0.4) is 0 Å². The quantitative estimate of drug-likeness (QED) is 0.449. The number of ketones is 2. The zero-order valence-corrected chi connectivity index (χ0v) is 18.7. The lowest BCUT2D eigenvalue weighted by molar-refractivity contribution is -0.218. The van der Waals surface area contributed by atoms with Gasteiger partial charge in [-0.1, -0.05) is 48.1 Å². The molecule has 0 radical (unpaired) electrons. The molecule has 0 heterocycles. The number of allylic oxidation sites excluding steroid dienone is 4. The highest BCUT2D eigenvalue weighted by Crippen LogP contribution is 2.70. The van der Waals surface area contributed by atoms with Crippen molar-refractivity contribution in [3.05, 3.63) is 23.8 Å². The zero-order chi connectivity index (χ0) is 20.7. The van der Waals surface area contributed by atoms with Crippen molar-refractivity contribution in [1.82, 2.24) is 0 Å². The molecular weight excluding hydrogens is 474 g/mol. The molecule has 154 valence electrons. The van der Waals surface area contributed by atoms with Gasteiger partial charge in [-0.25, -0.2) is 4.39 Å². The number of carbonyl (C=O) groups excluding carboxylic acids is 2. The van der Waals surface area contributed by atoms with Gasteiger partial charge in [0.2, 0.25) is 0 Å². The van der Waals surface area contributed by atoms with Gasteiger partial charge in [0.1, 0.15) is 5.60 Å². The van der Waals surface area contributed by atoms with Gasteiger partial charge in [0.15, 0.2) is 17.2 Å². The number of hydrogen-bond donors (Lipinski definition) is 2. The Balaban J connectivity index is 1.84. The van der Waals surface area contributed by atoms with E-state index >= 15 is 4.39 Å². The highest BCUT2D eigenvalue weighted by molar-refractivity contribution is 14.1. The minimum atomic E-state index is -1.92. The van der Waals surface area contributed by atoms with Gasteiger partial charge in [0.25, 0.3) is 0 Å². The van der Waals surface area contributed by atoms with Crippen molar-refractivity contribution in [3.8, 4) is 0 Å². The molecule has 0 aromatic heterocycles. The average Bonchev–Trinajstić information content (AvgIpc) is 2.84. The lowest BCUT2D eigenvalue weighted by Crippen LogP contribution is -2.69. The van der Waals surface area contributed by atoms with Gasteiger partial charge in [-0.05, 0) is 56.6 Å². The number of aliphatic hydroxyl groups is 2. The Morgan fingerprint density at radius 2 is 2.04 bits per heavy atom. The predicted molar refractivity (Wildman–Crippen MR) is 112 cm³/mol. The Morgan fingerprint density at radius 3 is 2.68 bits per heavy atom. The van der Waals surface area contributed by atoms with Gasteiger partial charge in [-0.3, -0.25) is 9.59 Å². The standard InChI is InChI=1S/C22H28FIO4/c1-12-8-16-15-5-4-13-9-14(25)6-7-19(13,2)21(15,23)17(26)10-20(16,3)22(12,28)18(27)11-24/h6-7,9,12,15-17,26,28H,4-5,8,10-11H2,1-3H3/t12-,15?,16?,17-,19?,20?,21-,22-/m0/s1. The van der Waals surface area contributed by atoms with Gasteiger partial charge in [0.05, 0.1) is 10.5 Å². The van der Waals surface area contributed by atoms with Crippen LogP contribution in [0.1, 0.15) is 46.5 Å². The molecule has 4 unspecified atom stereocenters. The highest BCUT2D eigenvalue weighted by Gasteiger charge is 2.75. The molecule has 4 aliphatic rings. The summed E-state index contributed by atoms with van der Waals surface area (Å²) >= 11 is 1.97. The molecule has 0 aromatic carbocycles. The Bertz CT molecular complexity index is 808. The van der Waals surface area contributed by atoms with Crippen LogP contribution >= 0.6 is 22.6 Å². The maximum absolute atomic E-state index is 16.9. The molecule has 28 heavy (non-hydrogen) atoms. The third kappa shape index (κ3) is 2.17. The predicted octanol–water partition coefficient (Wildman–Crippen LogP) is 3.34. The summed E-state index contributed by atoms with van der Waals surface area (Å²) in [6, 6.07) is 0. The smallest absolute Gasteiger partial charge is 0.178 e. The van der Waals surface area contributed by atoms with E-state index in [0.29, 0.717) is 19.3 Å². The molecule has 8 atom stereocenters. The van der Waals surface area contributed by atoms with Gasteiger partial charge >= 0.3 is 0 Å². The summed E-state index contributed by atoms with van der Waals surface area (Å²) in [5.41, 5.74) is -4.62. The van der Waals surface area contributed by atoms with Crippen LogP contribution in [0.15, 0.2) is 23.8 Å². The number of hydrogen-bond acceptors (Lipinski definition) is 4. The number of rotatable bonds is 2. The molecule has 2 N–H and O–H groups in total. The molecule has 0 saturated heterocycles. The van der Waals surface area contributed by atoms with Crippen molar-refractivity contribution in [2.24, 2.45) is 28.6 Å². The summed E-state index contributed by atoms with van der Waals surface area (Å²) in [6.07, 6.45) is 4.95. The maximum atomic E-state index is 16.9. The highest BCUT2D eigenvalue weighted by atomic mass is 127. The van der Waals surface area contributed by atoms with Crippen molar-refractivity contribution in [2.75, 3.05) is 4.43 Å². The topological polar surface area (TPSA) is 74.6 Å². The first-order valence-corrected chi connectivity index (χ1v) is 11.6. The summed E-state index contributed by atoms with van der Waals surface area (Å²) in [5, 5.41) is 22.7. The van der Waals surface area contributed by atoms with E-state index in [1.807, 2.05) is 36.4 Å². The fourth-order valence-electron chi connectivity index (χ4n) is 7.24. The molecule has 4 rings (SSSR count). The second kappa shape index (κ2) is 6.20. The molecule has 4 aliphatic carbocycles. The fourth-order valence-corrected chi connectivity index (χ4v) is 7.82. The Morgan fingerprint density at radius 1 is 1.36 bits per heavy atom. The Hall–Kier alpha value is -0.600. The lowest BCUT2D eigenvalue weighted by atomic mass is 9.44. The zero-order valence-electron chi connectivity index (χ0n) is 16.5. The van der Waals surface area contributed by atoms with Crippen molar-refractivity contribution in [1.29, 1.82) is 0 Å². The van der Waals surface area contributed by atoms with E-state index in [1.165, 1.54) is 12.2 Å². The molecule has 3 saturated carbocycles. The van der Waals surface area contributed by atoms with Crippen LogP contribution in [0, 0.1) is 28.6 Å².